The Bertz CT molecular complexity index is 799. The predicted octanol–water partition coefficient (Wildman–Crippen LogP) is 1.89. The van der Waals surface area contributed by atoms with Gasteiger partial charge >= 0.3 is 15.5 Å². The maximum Gasteiger partial charge on any atom is 0.511 e. The Balaban J connectivity index is 0.00000420. The van der Waals surface area contributed by atoms with E-state index in [9.17, 15) is 25.8 Å². The molecule has 1 saturated heterocycles. The number of sulfonamides is 1. The van der Waals surface area contributed by atoms with Crippen LogP contribution in [0.1, 0.15) is 12.8 Å². The third-order valence-corrected chi connectivity index (χ3v) is 7.24. The van der Waals surface area contributed by atoms with Crippen LogP contribution in [-0.2, 0) is 20.8 Å². The molecule has 1 aromatic carbocycles. The molecule has 13 heteroatoms. The van der Waals surface area contributed by atoms with Gasteiger partial charge in [0.15, 0.2) is 5.96 Å². The fraction of sp³-hybridized carbons (Fsp3) is 0.562. The summed E-state index contributed by atoms with van der Waals surface area (Å²) >= 11 is 0. The molecular formula is C16H24F3IN4O3S2. The van der Waals surface area contributed by atoms with Crippen LogP contribution < -0.4 is 10.6 Å². The summed E-state index contributed by atoms with van der Waals surface area (Å²) in [6, 6.07) is 8.83. The van der Waals surface area contributed by atoms with Gasteiger partial charge in [-0.25, -0.2) is 8.42 Å². The minimum atomic E-state index is -5.28. The second-order valence-corrected chi connectivity index (χ2v) is 9.63. The van der Waals surface area contributed by atoms with Gasteiger partial charge in [-0.15, -0.1) is 24.0 Å². The van der Waals surface area contributed by atoms with Gasteiger partial charge in [0.2, 0.25) is 0 Å². The van der Waals surface area contributed by atoms with Gasteiger partial charge in [0.05, 0.1) is 10.8 Å². The van der Waals surface area contributed by atoms with Gasteiger partial charge in [-0.05, 0) is 25.0 Å². The highest BCUT2D eigenvalue weighted by Crippen LogP contribution is 2.28. The largest absolute Gasteiger partial charge is 0.511 e. The van der Waals surface area contributed by atoms with E-state index < -0.39 is 26.3 Å². The van der Waals surface area contributed by atoms with E-state index in [-0.39, 0.29) is 55.9 Å². The fourth-order valence-corrected chi connectivity index (χ4v) is 4.70. The van der Waals surface area contributed by atoms with E-state index >= 15 is 0 Å². The summed E-state index contributed by atoms with van der Waals surface area (Å²) in [6.07, 6.45) is 0.456. The van der Waals surface area contributed by atoms with Gasteiger partial charge in [0.1, 0.15) is 0 Å². The highest BCUT2D eigenvalue weighted by atomic mass is 127. The average Bonchev–Trinajstić information content (AvgIpc) is 2.67. The maximum atomic E-state index is 12.6. The molecular weight excluding hydrogens is 544 g/mol. The van der Waals surface area contributed by atoms with Crippen LogP contribution in [0.25, 0.3) is 0 Å². The van der Waals surface area contributed by atoms with Crippen LogP contribution in [0, 0.1) is 0 Å². The van der Waals surface area contributed by atoms with Crippen LogP contribution in [0.4, 0.5) is 13.2 Å². The Morgan fingerprint density at radius 3 is 2.34 bits per heavy atom. The number of guanidine groups is 1. The number of aliphatic imine (C=N–C) groups is 1. The molecule has 0 aliphatic carbocycles. The molecule has 0 aromatic heterocycles. The Hall–Kier alpha value is -0.930. The van der Waals surface area contributed by atoms with E-state index in [0.717, 1.165) is 4.90 Å². The standard InChI is InChI=1S/C16H23F3N4O3S2.HI/c1-20-15(21-9-12-27(24)14-5-3-2-4-6-14)22-13-7-10-23(11-8-13)28(25,26)16(17,18)19;/h2-6,13H,7-12H2,1H3,(H2,20,21,22);1H. The SMILES string of the molecule is CN=C(NCCS(=O)c1ccccc1)NC1CCN(S(=O)(=O)C(F)(F)F)CC1.I. The van der Waals surface area contributed by atoms with Crippen molar-refractivity contribution in [2.75, 3.05) is 32.4 Å². The minimum absolute atomic E-state index is 0. The normalized spacial score (nSPS) is 18.0. The molecule has 1 fully saturated rings. The topological polar surface area (TPSA) is 90.9 Å². The molecule has 2 rings (SSSR count). The Morgan fingerprint density at radius 2 is 1.83 bits per heavy atom. The summed E-state index contributed by atoms with van der Waals surface area (Å²) in [5.74, 6) is 0.801. The molecule has 0 radical (unpaired) electrons. The molecule has 1 aliphatic heterocycles. The quantitative estimate of drug-likeness (QED) is 0.311. The number of rotatable bonds is 6. The molecule has 0 amide bonds. The van der Waals surface area contributed by atoms with Gasteiger partial charge in [-0.2, -0.15) is 17.5 Å². The molecule has 166 valence electrons. The molecule has 0 spiro atoms. The van der Waals surface area contributed by atoms with E-state index in [1.807, 2.05) is 18.2 Å². The third kappa shape index (κ3) is 7.36. The van der Waals surface area contributed by atoms with Crippen molar-refractivity contribution < 1.29 is 25.8 Å². The zero-order valence-electron chi connectivity index (χ0n) is 15.7. The Kier molecular flexibility index (Phi) is 10.3. The van der Waals surface area contributed by atoms with Crippen LogP contribution in [0.2, 0.25) is 0 Å². The van der Waals surface area contributed by atoms with Gasteiger partial charge in [0, 0.05) is 43.4 Å². The number of alkyl halides is 3. The van der Waals surface area contributed by atoms with E-state index in [0.29, 0.717) is 22.6 Å². The van der Waals surface area contributed by atoms with E-state index in [1.54, 1.807) is 19.2 Å². The highest BCUT2D eigenvalue weighted by Gasteiger charge is 2.50. The van der Waals surface area contributed by atoms with Gasteiger partial charge < -0.3 is 10.6 Å². The van der Waals surface area contributed by atoms with Gasteiger partial charge in [-0.3, -0.25) is 9.20 Å². The molecule has 0 bridgehead atoms. The minimum Gasteiger partial charge on any atom is -0.355 e. The number of halogens is 4. The molecule has 1 heterocycles. The van der Waals surface area contributed by atoms with Crippen molar-refractivity contribution in [2.45, 2.75) is 29.3 Å². The first-order valence-corrected chi connectivity index (χ1v) is 11.4. The lowest BCUT2D eigenvalue weighted by Crippen LogP contribution is -2.52. The zero-order chi connectivity index (χ0) is 20.8. The van der Waals surface area contributed by atoms with Crippen molar-refractivity contribution in [1.29, 1.82) is 0 Å². The van der Waals surface area contributed by atoms with Crippen LogP contribution in [0.3, 0.4) is 0 Å². The third-order valence-electron chi connectivity index (χ3n) is 4.24. The Labute approximate surface area is 188 Å². The maximum absolute atomic E-state index is 12.6. The molecule has 1 atom stereocenters. The second kappa shape index (κ2) is 11.5. The van der Waals surface area contributed by atoms with Gasteiger partial charge in [0.25, 0.3) is 0 Å². The van der Waals surface area contributed by atoms with Gasteiger partial charge in [-0.1, -0.05) is 18.2 Å². The predicted molar refractivity (Wildman–Crippen MR) is 117 cm³/mol. The first-order chi connectivity index (χ1) is 13.1. The summed E-state index contributed by atoms with van der Waals surface area (Å²) in [5.41, 5.74) is -5.28. The van der Waals surface area contributed by atoms with Crippen molar-refractivity contribution in [2.24, 2.45) is 4.99 Å². The molecule has 29 heavy (non-hydrogen) atoms. The first kappa shape index (κ1) is 26.1. The molecule has 2 N–H and O–H groups in total. The lowest BCUT2D eigenvalue weighted by atomic mass is 10.1. The van der Waals surface area contributed by atoms with Crippen molar-refractivity contribution >= 4 is 50.8 Å². The Morgan fingerprint density at radius 1 is 1.24 bits per heavy atom. The van der Waals surface area contributed by atoms with Crippen LogP contribution >= 0.6 is 24.0 Å². The average molecular weight is 568 g/mol. The molecule has 1 unspecified atom stereocenters. The smallest absolute Gasteiger partial charge is 0.355 e. The molecule has 7 nitrogen and oxygen atoms in total. The van der Waals surface area contributed by atoms with Crippen LogP contribution in [-0.4, -0.2) is 66.9 Å². The number of benzene rings is 1. The number of hydrogen-bond donors (Lipinski definition) is 2. The van der Waals surface area contributed by atoms with Crippen molar-refractivity contribution in [1.82, 2.24) is 14.9 Å². The van der Waals surface area contributed by atoms with Crippen LogP contribution in [0.5, 0.6) is 0 Å². The second-order valence-electron chi connectivity index (χ2n) is 6.13. The molecule has 1 aromatic rings. The number of piperidine rings is 1. The fourth-order valence-electron chi connectivity index (χ4n) is 2.73. The van der Waals surface area contributed by atoms with E-state index in [4.69, 9.17) is 0 Å². The highest BCUT2D eigenvalue weighted by molar-refractivity contribution is 14.0. The summed E-state index contributed by atoms with van der Waals surface area (Å²) in [7, 11) is -4.89. The molecule has 1 aliphatic rings. The lowest BCUT2D eigenvalue weighted by Gasteiger charge is -2.32. The monoisotopic (exact) mass is 568 g/mol. The summed E-state index contributed by atoms with van der Waals surface area (Å²) in [4.78, 5) is 4.77. The van der Waals surface area contributed by atoms with E-state index in [2.05, 4.69) is 15.6 Å². The number of hydrogen-bond acceptors (Lipinski definition) is 4. The van der Waals surface area contributed by atoms with E-state index in [1.165, 1.54) is 0 Å². The number of nitrogens with zero attached hydrogens (tertiary/aromatic N) is 2. The lowest BCUT2D eigenvalue weighted by molar-refractivity contribution is -0.0494. The summed E-state index contributed by atoms with van der Waals surface area (Å²) in [5, 5.41) is 6.08. The first-order valence-electron chi connectivity index (χ1n) is 8.62. The summed E-state index contributed by atoms with van der Waals surface area (Å²) in [6.45, 7) is -0.0362. The van der Waals surface area contributed by atoms with Crippen molar-refractivity contribution in [3.63, 3.8) is 0 Å². The summed E-state index contributed by atoms with van der Waals surface area (Å²) < 4.78 is 73.3. The van der Waals surface area contributed by atoms with Crippen LogP contribution in [0.15, 0.2) is 40.2 Å². The van der Waals surface area contributed by atoms with Crippen molar-refractivity contribution in [3.05, 3.63) is 30.3 Å². The molecule has 0 saturated carbocycles. The zero-order valence-corrected chi connectivity index (χ0v) is 19.6. The number of nitrogens with one attached hydrogen (secondary N) is 2. The van der Waals surface area contributed by atoms with Crippen molar-refractivity contribution in [3.8, 4) is 0 Å².